The predicted octanol–water partition coefficient (Wildman–Crippen LogP) is 2.47. The Morgan fingerprint density at radius 3 is 2.33 bits per heavy atom. The molecular weight excluding hydrogens is 609 g/mol. The van der Waals surface area contributed by atoms with Crippen molar-refractivity contribution in [3.63, 3.8) is 0 Å². The van der Waals surface area contributed by atoms with E-state index >= 15 is 0 Å². The minimum atomic E-state index is -4.32. The predicted molar refractivity (Wildman–Crippen MR) is 136 cm³/mol. The van der Waals surface area contributed by atoms with Crippen molar-refractivity contribution in [1.82, 2.24) is 19.1 Å². The number of aromatic amines is 1. The van der Waals surface area contributed by atoms with E-state index in [9.17, 15) is 40.3 Å². The highest BCUT2D eigenvalue weighted by Crippen LogP contribution is 2.40. The van der Waals surface area contributed by atoms with Crippen molar-refractivity contribution in [2.45, 2.75) is 23.0 Å². The summed E-state index contributed by atoms with van der Waals surface area (Å²) in [6.45, 7) is -0.356. The average Bonchev–Trinajstić information content (AvgIpc) is 3.34. The Labute approximate surface area is 229 Å². The molecule has 1 saturated heterocycles. The number of sulfonamides is 1. The van der Waals surface area contributed by atoms with Crippen LogP contribution >= 0.6 is 23.2 Å². The summed E-state index contributed by atoms with van der Waals surface area (Å²) in [5.74, 6) is -0.974. The summed E-state index contributed by atoms with van der Waals surface area (Å²) < 4.78 is 83.1. The minimum Gasteiger partial charge on any atom is -0.507 e. The highest BCUT2D eigenvalue weighted by molar-refractivity contribution is 7.91. The summed E-state index contributed by atoms with van der Waals surface area (Å²) in [6.07, 6.45) is -2.16. The van der Waals surface area contributed by atoms with E-state index in [1.165, 1.54) is 6.07 Å². The average molecular weight is 627 g/mol. The van der Waals surface area contributed by atoms with Crippen LogP contribution in [0.2, 0.25) is 10.0 Å². The van der Waals surface area contributed by atoms with Crippen LogP contribution in [-0.2, 0) is 19.9 Å². The second-order valence-electron chi connectivity index (χ2n) is 8.43. The molecule has 39 heavy (non-hydrogen) atoms. The van der Waals surface area contributed by atoms with E-state index in [4.69, 9.17) is 27.9 Å². The van der Waals surface area contributed by atoms with Gasteiger partial charge < -0.3 is 9.84 Å². The van der Waals surface area contributed by atoms with Gasteiger partial charge in [0.05, 0.1) is 21.0 Å². The number of rotatable bonds is 7. The SMILES string of the molecule is CS(=O)(=O)C1CCN(S(=O)(=O)c2cc(Oc3c(Cl)cc(-n4nc(C(F)F)c(=O)[nH]c4=O)cc3Cl)ccc2O)C1. The zero-order chi connectivity index (χ0) is 28.9. The fourth-order valence-corrected chi connectivity index (χ4v) is 7.01. The number of phenolic OH excluding ortho intramolecular Hbond substituents is 1. The molecule has 18 heteroatoms. The summed E-state index contributed by atoms with van der Waals surface area (Å²) in [4.78, 5) is 24.8. The van der Waals surface area contributed by atoms with Gasteiger partial charge in [0.15, 0.2) is 21.3 Å². The molecule has 4 rings (SSSR count). The van der Waals surface area contributed by atoms with Crippen LogP contribution < -0.4 is 16.0 Å². The molecule has 210 valence electrons. The van der Waals surface area contributed by atoms with E-state index in [0.29, 0.717) is 4.68 Å². The van der Waals surface area contributed by atoms with Crippen LogP contribution in [0, 0.1) is 0 Å². The lowest BCUT2D eigenvalue weighted by Gasteiger charge is -2.18. The third kappa shape index (κ3) is 5.79. The van der Waals surface area contributed by atoms with Gasteiger partial charge in [-0.3, -0.25) is 9.78 Å². The molecule has 1 aromatic heterocycles. The molecule has 0 aliphatic carbocycles. The van der Waals surface area contributed by atoms with Gasteiger partial charge >= 0.3 is 5.69 Å². The van der Waals surface area contributed by atoms with Crippen LogP contribution in [0.15, 0.2) is 44.8 Å². The lowest BCUT2D eigenvalue weighted by molar-refractivity contribution is 0.141. The number of nitrogens with zero attached hydrogens (tertiary/aromatic N) is 3. The Balaban J connectivity index is 1.67. The molecular formula is C21H18Cl2F2N4O8S2. The minimum absolute atomic E-state index is 0.0743. The molecule has 2 aromatic carbocycles. The van der Waals surface area contributed by atoms with Gasteiger partial charge in [-0.05, 0) is 30.7 Å². The van der Waals surface area contributed by atoms with Crippen LogP contribution in [0.4, 0.5) is 8.78 Å². The molecule has 12 nitrogen and oxygen atoms in total. The maximum atomic E-state index is 13.1. The van der Waals surface area contributed by atoms with E-state index in [1.807, 2.05) is 0 Å². The molecule has 1 unspecified atom stereocenters. The number of alkyl halides is 2. The first-order chi connectivity index (χ1) is 18.1. The largest absolute Gasteiger partial charge is 0.507 e. The summed E-state index contributed by atoms with van der Waals surface area (Å²) in [7, 11) is -7.81. The zero-order valence-electron chi connectivity index (χ0n) is 19.6. The number of hydrogen-bond donors (Lipinski definition) is 2. The van der Waals surface area contributed by atoms with Gasteiger partial charge in [0, 0.05) is 25.4 Å². The number of nitrogens with one attached hydrogen (secondary N) is 1. The normalized spacial score (nSPS) is 16.6. The lowest BCUT2D eigenvalue weighted by atomic mass is 10.3. The van der Waals surface area contributed by atoms with Crippen molar-refractivity contribution < 1.29 is 35.5 Å². The number of H-pyrrole nitrogens is 1. The molecule has 0 radical (unpaired) electrons. The van der Waals surface area contributed by atoms with Gasteiger partial charge in [-0.25, -0.2) is 30.4 Å². The molecule has 2 N–H and O–H groups in total. The second kappa shape index (κ2) is 10.5. The fourth-order valence-electron chi connectivity index (χ4n) is 3.78. The Kier molecular flexibility index (Phi) is 7.79. The number of benzene rings is 2. The molecule has 2 heterocycles. The Bertz CT molecular complexity index is 1770. The molecule has 0 saturated carbocycles. The topological polar surface area (TPSA) is 169 Å². The molecule has 0 spiro atoms. The standard InChI is InChI=1S/C21H18Cl2F2N4O8S2/c1-38(33,34)12-4-5-28(9-12)39(35,36)16-8-11(2-3-15(16)30)37-18-13(22)6-10(7-14(18)23)29-21(32)26-20(31)17(27-29)19(24)25/h2-3,6-8,12,19,30H,4-5,9H2,1H3,(H,26,31,32). The zero-order valence-corrected chi connectivity index (χ0v) is 22.8. The van der Waals surface area contributed by atoms with Gasteiger partial charge in [-0.2, -0.15) is 14.1 Å². The quantitative estimate of drug-likeness (QED) is 0.400. The molecule has 1 aliphatic heterocycles. The van der Waals surface area contributed by atoms with Gasteiger partial charge in [0.25, 0.3) is 12.0 Å². The number of sulfone groups is 1. The van der Waals surface area contributed by atoms with Crippen molar-refractivity contribution in [3.8, 4) is 22.9 Å². The van der Waals surface area contributed by atoms with Gasteiger partial charge in [0.2, 0.25) is 10.0 Å². The van der Waals surface area contributed by atoms with E-state index in [1.54, 1.807) is 4.98 Å². The number of halogens is 4. The monoisotopic (exact) mass is 626 g/mol. The number of hydrogen-bond acceptors (Lipinski definition) is 9. The summed E-state index contributed by atoms with van der Waals surface area (Å²) in [5.41, 5.74) is -3.90. The first kappa shape index (κ1) is 28.9. The lowest BCUT2D eigenvalue weighted by Crippen LogP contribution is -2.34. The Morgan fingerprint density at radius 1 is 1.13 bits per heavy atom. The van der Waals surface area contributed by atoms with E-state index < -0.39 is 59.1 Å². The van der Waals surface area contributed by atoms with Crippen LogP contribution in [0.25, 0.3) is 5.69 Å². The maximum absolute atomic E-state index is 13.1. The van der Waals surface area contributed by atoms with Gasteiger partial charge in [-0.15, -0.1) is 0 Å². The molecule has 0 bridgehead atoms. The number of aromatic hydroxyl groups is 1. The first-order valence-electron chi connectivity index (χ1n) is 10.8. The molecule has 0 amide bonds. The van der Waals surface area contributed by atoms with Crippen LogP contribution in [-0.4, -0.2) is 65.6 Å². The van der Waals surface area contributed by atoms with Crippen LogP contribution in [0.5, 0.6) is 17.2 Å². The third-order valence-corrected chi connectivity index (χ3v) is 9.82. The fraction of sp³-hybridized carbons (Fsp3) is 0.286. The van der Waals surface area contributed by atoms with E-state index in [0.717, 1.165) is 34.8 Å². The second-order valence-corrected chi connectivity index (χ2v) is 13.5. The highest BCUT2D eigenvalue weighted by Gasteiger charge is 2.38. The van der Waals surface area contributed by atoms with Crippen molar-refractivity contribution >= 4 is 43.1 Å². The van der Waals surface area contributed by atoms with Gasteiger partial charge in [-0.1, -0.05) is 23.2 Å². The Morgan fingerprint density at radius 2 is 1.77 bits per heavy atom. The number of ether oxygens (including phenoxy) is 1. The third-order valence-electron chi connectivity index (χ3n) is 5.77. The Hall–Kier alpha value is -3.05. The van der Waals surface area contributed by atoms with Gasteiger partial charge in [0.1, 0.15) is 16.4 Å². The highest BCUT2D eigenvalue weighted by atomic mass is 35.5. The van der Waals surface area contributed by atoms with Crippen molar-refractivity contribution in [3.05, 3.63) is 66.9 Å². The van der Waals surface area contributed by atoms with E-state index in [2.05, 4.69) is 5.10 Å². The summed E-state index contributed by atoms with van der Waals surface area (Å²) in [5, 5.41) is 12.2. The van der Waals surface area contributed by atoms with Crippen LogP contribution in [0.3, 0.4) is 0 Å². The molecule has 1 atom stereocenters. The smallest absolute Gasteiger partial charge is 0.349 e. The molecule has 1 aliphatic rings. The number of phenols is 1. The molecule has 1 fully saturated rings. The van der Waals surface area contributed by atoms with Crippen molar-refractivity contribution in [2.24, 2.45) is 0 Å². The summed E-state index contributed by atoms with van der Waals surface area (Å²) >= 11 is 12.5. The maximum Gasteiger partial charge on any atom is 0.349 e. The molecule has 3 aromatic rings. The van der Waals surface area contributed by atoms with Crippen molar-refractivity contribution in [2.75, 3.05) is 19.3 Å². The summed E-state index contributed by atoms with van der Waals surface area (Å²) in [6, 6.07) is 5.40. The first-order valence-corrected chi connectivity index (χ1v) is 15.0. The van der Waals surface area contributed by atoms with Crippen molar-refractivity contribution in [1.29, 1.82) is 0 Å². The van der Waals surface area contributed by atoms with Crippen LogP contribution in [0.1, 0.15) is 18.5 Å². The van der Waals surface area contributed by atoms with E-state index in [-0.39, 0.29) is 46.7 Å². The number of aromatic nitrogens is 3.